The minimum atomic E-state index is -0.471. The molecule has 2 fully saturated rings. The molecule has 0 aromatic heterocycles. The SMILES string of the molecule is Cl.NC(=O)C1(c2ccc3c(c2)OCO3)CCC1.NC1(c2ccc3c(c2)OCO3)CCC1. The van der Waals surface area contributed by atoms with Crippen LogP contribution in [-0.2, 0) is 15.7 Å². The summed E-state index contributed by atoms with van der Waals surface area (Å²) in [5.41, 5.74) is 13.3. The van der Waals surface area contributed by atoms with Crippen LogP contribution in [0.1, 0.15) is 49.7 Å². The Labute approximate surface area is 187 Å². The fourth-order valence-electron chi connectivity index (χ4n) is 4.45. The molecule has 166 valence electrons. The molecule has 2 aromatic carbocycles. The number of nitrogens with two attached hydrogens (primary N) is 2. The number of amides is 1. The first-order valence-corrected chi connectivity index (χ1v) is 10.4. The van der Waals surface area contributed by atoms with E-state index in [-0.39, 0.29) is 30.6 Å². The Bertz CT molecular complexity index is 988. The Balaban J connectivity index is 0.000000146. The molecule has 0 radical (unpaired) electrons. The predicted octanol–water partition coefficient (Wildman–Crippen LogP) is 3.50. The molecular weight excluding hydrogens is 420 g/mol. The summed E-state index contributed by atoms with van der Waals surface area (Å²) in [5, 5.41) is 0. The first kappa shape index (κ1) is 21.6. The second-order valence-corrected chi connectivity index (χ2v) is 8.45. The smallest absolute Gasteiger partial charge is 0.231 e. The maximum atomic E-state index is 11.6. The highest BCUT2D eigenvalue weighted by Crippen LogP contribution is 2.46. The minimum absolute atomic E-state index is 0. The number of hydrogen-bond donors (Lipinski definition) is 2. The number of rotatable bonds is 3. The highest BCUT2D eigenvalue weighted by Gasteiger charge is 2.44. The number of carbonyl (C=O) groups is 1. The fraction of sp³-hybridized carbons (Fsp3) is 0.435. The summed E-state index contributed by atoms with van der Waals surface area (Å²) in [6.45, 7) is 0.582. The number of carbonyl (C=O) groups excluding carboxylic acids is 1. The molecule has 0 saturated heterocycles. The second-order valence-electron chi connectivity index (χ2n) is 8.45. The van der Waals surface area contributed by atoms with E-state index in [1.807, 2.05) is 36.4 Å². The molecule has 2 aliphatic heterocycles. The lowest BCUT2D eigenvalue weighted by molar-refractivity contribution is -0.126. The van der Waals surface area contributed by atoms with Gasteiger partial charge in [-0.3, -0.25) is 4.79 Å². The van der Waals surface area contributed by atoms with Crippen molar-refractivity contribution in [2.24, 2.45) is 11.5 Å². The molecule has 2 aliphatic carbocycles. The van der Waals surface area contributed by atoms with Crippen LogP contribution in [-0.4, -0.2) is 19.5 Å². The molecule has 8 heteroatoms. The Kier molecular flexibility index (Phi) is 5.66. The molecule has 2 aromatic rings. The zero-order chi connectivity index (χ0) is 20.8. The lowest BCUT2D eigenvalue weighted by atomic mass is 9.64. The summed E-state index contributed by atoms with van der Waals surface area (Å²) in [7, 11) is 0. The average Bonchev–Trinajstić information content (AvgIpc) is 3.33. The maximum Gasteiger partial charge on any atom is 0.231 e. The van der Waals surface area contributed by atoms with E-state index >= 15 is 0 Å². The first-order chi connectivity index (χ1) is 14.5. The van der Waals surface area contributed by atoms with Crippen LogP contribution in [0.15, 0.2) is 36.4 Å². The van der Waals surface area contributed by atoms with Crippen LogP contribution in [0.4, 0.5) is 0 Å². The lowest BCUT2D eigenvalue weighted by Gasteiger charge is -2.39. The van der Waals surface area contributed by atoms with Gasteiger partial charge < -0.3 is 30.4 Å². The number of halogens is 1. The third-order valence-corrected chi connectivity index (χ3v) is 6.80. The molecule has 6 rings (SSSR count). The molecule has 0 spiro atoms. The standard InChI is InChI=1S/C12H13NO3.C11H13NO2.ClH/c13-11(14)12(4-1-5-12)8-2-3-9-10(6-8)16-7-15-9;12-11(4-1-5-11)8-2-3-9-10(6-8)14-7-13-9;/h2-3,6H,1,4-5,7H2,(H2,13,14);2-3,6H,1,4-5,7,12H2;1H. The largest absolute Gasteiger partial charge is 0.454 e. The van der Waals surface area contributed by atoms with Crippen LogP contribution < -0.4 is 30.4 Å². The van der Waals surface area contributed by atoms with E-state index in [0.29, 0.717) is 12.5 Å². The average molecular weight is 447 g/mol. The van der Waals surface area contributed by atoms with Crippen LogP contribution in [0.25, 0.3) is 0 Å². The number of fused-ring (bicyclic) bond motifs is 2. The van der Waals surface area contributed by atoms with Gasteiger partial charge in [-0.25, -0.2) is 0 Å². The van der Waals surface area contributed by atoms with Crippen molar-refractivity contribution in [1.82, 2.24) is 0 Å². The maximum absolute atomic E-state index is 11.6. The van der Waals surface area contributed by atoms with Gasteiger partial charge in [-0.15, -0.1) is 12.4 Å². The van der Waals surface area contributed by atoms with Gasteiger partial charge in [0, 0.05) is 5.54 Å². The van der Waals surface area contributed by atoms with E-state index < -0.39 is 5.41 Å². The van der Waals surface area contributed by atoms with Crippen molar-refractivity contribution in [2.45, 2.75) is 49.5 Å². The Morgan fingerprint density at radius 2 is 1.23 bits per heavy atom. The minimum Gasteiger partial charge on any atom is -0.454 e. The topological polar surface area (TPSA) is 106 Å². The molecule has 0 atom stereocenters. The molecule has 2 heterocycles. The molecule has 4 N–H and O–H groups in total. The van der Waals surface area contributed by atoms with Crippen molar-refractivity contribution in [1.29, 1.82) is 0 Å². The van der Waals surface area contributed by atoms with Crippen LogP contribution in [0.2, 0.25) is 0 Å². The molecule has 2 saturated carbocycles. The molecule has 0 bridgehead atoms. The van der Waals surface area contributed by atoms with Crippen LogP contribution in [0.5, 0.6) is 23.0 Å². The van der Waals surface area contributed by atoms with Crippen molar-refractivity contribution in [3.8, 4) is 23.0 Å². The number of primary amides is 1. The molecule has 0 unspecified atom stereocenters. The second kappa shape index (κ2) is 8.13. The van der Waals surface area contributed by atoms with E-state index in [1.54, 1.807) is 0 Å². The van der Waals surface area contributed by atoms with Crippen molar-refractivity contribution in [3.05, 3.63) is 47.5 Å². The quantitative estimate of drug-likeness (QED) is 0.747. The van der Waals surface area contributed by atoms with Crippen molar-refractivity contribution >= 4 is 18.3 Å². The summed E-state index contributed by atoms with van der Waals surface area (Å²) < 4.78 is 21.1. The molecule has 4 aliphatic rings. The summed E-state index contributed by atoms with van der Waals surface area (Å²) in [5.74, 6) is 2.88. The third-order valence-electron chi connectivity index (χ3n) is 6.80. The molecular formula is C23H27ClN2O5. The van der Waals surface area contributed by atoms with Gasteiger partial charge in [-0.05, 0) is 67.5 Å². The normalized spacial score (nSPS) is 20.3. The van der Waals surface area contributed by atoms with Gasteiger partial charge in [0.25, 0.3) is 0 Å². The highest BCUT2D eigenvalue weighted by molar-refractivity contribution is 5.88. The summed E-state index contributed by atoms with van der Waals surface area (Å²) in [6.07, 6.45) is 6.10. The summed E-state index contributed by atoms with van der Waals surface area (Å²) in [6, 6.07) is 11.7. The van der Waals surface area contributed by atoms with E-state index in [1.165, 1.54) is 12.0 Å². The van der Waals surface area contributed by atoms with Gasteiger partial charge >= 0.3 is 0 Å². The van der Waals surface area contributed by atoms with Gasteiger partial charge in [0.15, 0.2) is 23.0 Å². The Hall–Kier alpha value is -2.64. The third kappa shape index (κ3) is 3.66. The zero-order valence-corrected chi connectivity index (χ0v) is 18.0. The van der Waals surface area contributed by atoms with E-state index in [0.717, 1.165) is 54.9 Å². The van der Waals surface area contributed by atoms with Crippen LogP contribution in [0, 0.1) is 0 Å². The van der Waals surface area contributed by atoms with Gasteiger partial charge in [-0.1, -0.05) is 18.6 Å². The van der Waals surface area contributed by atoms with E-state index in [2.05, 4.69) is 0 Å². The monoisotopic (exact) mass is 446 g/mol. The van der Waals surface area contributed by atoms with Crippen molar-refractivity contribution in [2.75, 3.05) is 13.6 Å². The van der Waals surface area contributed by atoms with E-state index in [4.69, 9.17) is 30.4 Å². The van der Waals surface area contributed by atoms with Gasteiger partial charge in [0.2, 0.25) is 19.5 Å². The predicted molar refractivity (Wildman–Crippen MR) is 117 cm³/mol. The Morgan fingerprint density at radius 1 is 0.742 bits per heavy atom. The summed E-state index contributed by atoms with van der Waals surface area (Å²) in [4.78, 5) is 11.6. The van der Waals surface area contributed by atoms with Gasteiger partial charge in [0.05, 0.1) is 5.41 Å². The zero-order valence-electron chi connectivity index (χ0n) is 17.2. The molecule has 7 nitrogen and oxygen atoms in total. The highest BCUT2D eigenvalue weighted by atomic mass is 35.5. The summed E-state index contributed by atoms with van der Waals surface area (Å²) >= 11 is 0. The molecule has 1 amide bonds. The van der Waals surface area contributed by atoms with Gasteiger partial charge in [0.1, 0.15) is 0 Å². The van der Waals surface area contributed by atoms with Gasteiger partial charge in [-0.2, -0.15) is 0 Å². The lowest BCUT2D eigenvalue weighted by Crippen LogP contribution is -2.46. The fourth-order valence-corrected chi connectivity index (χ4v) is 4.45. The molecule has 31 heavy (non-hydrogen) atoms. The van der Waals surface area contributed by atoms with Crippen LogP contribution in [0.3, 0.4) is 0 Å². The van der Waals surface area contributed by atoms with E-state index in [9.17, 15) is 4.79 Å². The van der Waals surface area contributed by atoms with Crippen molar-refractivity contribution in [3.63, 3.8) is 0 Å². The number of benzene rings is 2. The van der Waals surface area contributed by atoms with Crippen LogP contribution >= 0.6 is 12.4 Å². The number of hydrogen-bond acceptors (Lipinski definition) is 6. The Morgan fingerprint density at radius 3 is 1.68 bits per heavy atom. The van der Waals surface area contributed by atoms with Crippen molar-refractivity contribution < 1.29 is 23.7 Å². The first-order valence-electron chi connectivity index (χ1n) is 10.4. The number of ether oxygens (including phenoxy) is 4.